The van der Waals surface area contributed by atoms with Crippen molar-refractivity contribution in [3.63, 3.8) is 0 Å². The zero-order valence-corrected chi connectivity index (χ0v) is 8.39. The van der Waals surface area contributed by atoms with Gasteiger partial charge < -0.3 is 9.84 Å². The summed E-state index contributed by atoms with van der Waals surface area (Å²) >= 11 is 1.62. The second kappa shape index (κ2) is 7.43. The van der Waals surface area contributed by atoms with E-state index in [2.05, 4.69) is 0 Å². The number of carboxylic acids is 1. The number of hydrogen-bond donors (Lipinski definition) is 1. The smallest absolute Gasteiger partial charge is 0.304 e. The van der Waals surface area contributed by atoms with Crippen molar-refractivity contribution in [2.75, 3.05) is 18.1 Å². The predicted octanol–water partition coefficient (Wildman–Crippen LogP) is 1.62. The van der Waals surface area contributed by atoms with Gasteiger partial charge in [-0.05, 0) is 13.8 Å². The first-order valence-electron chi connectivity index (χ1n) is 4.04. The van der Waals surface area contributed by atoms with Crippen molar-refractivity contribution in [1.29, 1.82) is 0 Å². The zero-order chi connectivity index (χ0) is 9.40. The van der Waals surface area contributed by atoms with Crippen LogP contribution in [-0.2, 0) is 9.53 Å². The molecule has 0 saturated heterocycles. The van der Waals surface area contributed by atoms with Crippen LogP contribution >= 0.6 is 11.8 Å². The van der Waals surface area contributed by atoms with Crippen LogP contribution in [0.3, 0.4) is 0 Å². The van der Waals surface area contributed by atoms with Gasteiger partial charge in [-0.25, -0.2) is 0 Å². The van der Waals surface area contributed by atoms with Crippen LogP contribution in [-0.4, -0.2) is 35.3 Å². The minimum Gasteiger partial charge on any atom is -0.481 e. The van der Waals surface area contributed by atoms with Crippen molar-refractivity contribution in [2.45, 2.75) is 26.4 Å². The minimum atomic E-state index is -0.729. The highest BCUT2D eigenvalue weighted by Gasteiger charge is 1.97. The maximum Gasteiger partial charge on any atom is 0.304 e. The maximum absolute atomic E-state index is 10.1. The van der Waals surface area contributed by atoms with Gasteiger partial charge in [0.1, 0.15) is 0 Å². The zero-order valence-electron chi connectivity index (χ0n) is 7.58. The number of hydrogen-bond acceptors (Lipinski definition) is 3. The van der Waals surface area contributed by atoms with Gasteiger partial charge >= 0.3 is 5.97 Å². The van der Waals surface area contributed by atoms with Gasteiger partial charge in [0.05, 0.1) is 19.1 Å². The fourth-order valence-electron chi connectivity index (χ4n) is 0.604. The fourth-order valence-corrected chi connectivity index (χ4v) is 1.34. The molecule has 0 bridgehead atoms. The Morgan fingerprint density at radius 1 is 1.50 bits per heavy atom. The lowest BCUT2D eigenvalue weighted by molar-refractivity contribution is -0.136. The largest absolute Gasteiger partial charge is 0.481 e. The summed E-state index contributed by atoms with van der Waals surface area (Å²) in [6, 6.07) is 0. The van der Waals surface area contributed by atoms with Crippen LogP contribution in [0.25, 0.3) is 0 Å². The second-order valence-corrected chi connectivity index (χ2v) is 3.90. The molecule has 0 spiro atoms. The first-order chi connectivity index (χ1) is 5.63. The summed E-state index contributed by atoms with van der Waals surface area (Å²) < 4.78 is 5.28. The van der Waals surface area contributed by atoms with E-state index in [1.54, 1.807) is 11.8 Å². The normalized spacial score (nSPS) is 10.6. The third kappa shape index (κ3) is 9.78. The summed E-state index contributed by atoms with van der Waals surface area (Å²) in [5.41, 5.74) is 0. The van der Waals surface area contributed by atoms with Gasteiger partial charge in [-0.15, -0.1) is 0 Å². The minimum absolute atomic E-state index is 0.242. The molecule has 4 heteroatoms. The molecule has 0 radical (unpaired) electrons. The first-order valence-corrected chi connectivity index (χ1v) is 5.19. The van der Waals surface area contributed by atoms with E-state index in [9.17, 15) is 4.79 Å². The Morgan fingerprint density at radius 2 is 2.17 bits per heavy atom. The van der Waals surface area contributed by atoms with Crippen LogP contribution < -0.4 is 0 Å². The van der Waals surface area contributed by atoms with E-state index in [4.69, 9.17) is 9.84 Å². The molecule has 0 aromatic heterocycles. The van der Waals surface area contributed by atoms with Gasteiger partial charge in [-0.2, -0.15) is 11.8 Å². The first kappa shape index (κ1) is 11.8. The van der Waals surface area contributed by atoms with Crippen molar-refractivity contribution in [1.82, 2.24) is 0 Å². The number of thioether (sulfide) groups is 1. The standard InChI is InChI=1S/C8H16O3S/c1-7(2)11-4-6-12-5-3-8(9)10/h7H,3-6H2,1-2H3,(H,9,10). The number of rotatable bonds is 7. The Bertz CT molecular complexity index is 125. The van der Waals surface area contributed by atoms with Gasteiger partial charge in [0.15, 0.2) is 0 Å². The van der Waals surface area contributed by atoms with E-state index in [0.717, 1.165) is 5.75 Å². The van der Waals surface area contributed by atoms with Crippen molar-refractivity contribution >= 4 is 17.7 Å². The Labute approximate surface area is 77.5 Å². The Balaban J connectivity index is 2.96. The highest BCUT2D eigenvalue weighted by molar-refractivity contribution is 7.99. The lowest BCUT2D eigenvalue weighted by Gasteiger charge is -2.05. The second-order valence-electron chi connectivity index (χ2n) is 2.68. The van der Waals surface area contributed by atoms with Gasteiger partial charge in [-0.3, -0.25) is 4.79 Å². The lowest BCUT2D eigenvalue weighted by atomic mass is 10.5. The molecule has 3 nitrogen and oxygen atoms in total. The Morgan fingerprint density at radius 3 is 2.67 bits per heavy atom. The Kier molecular flexibility index (Phi) is 7.29. The molecule has 0 rings (SSSR count). The number of carbonyl (C=O) groups is 1. The molecule has 0 aliphatic rings. The van der Waals surface area contributed by atoms with Crippen molar-refractivity contribution in [3.05, 3.63) is 0 Å². The van der Waals surface area contributed by atoms with Crippen LogP contribution in [0.2, 0.25) is 0 Å². The monoisotopic (exact) mass is 192 g/mol. The lowest BCUT2D eigenvalue weighted by Crippen LogP contribution is -2.06. The summed E-state index contributed by atoms with van der Waals surface area (Å²) in [5.74, 6) is 0.828. The van der Waals surface area contributed by atoms with Gasteiger partial charge in [0.2, 0.25) is 0 Å². The molecule has 12 heavy (non-hydrogen) atoms. The SMILES string of the molecule is CC(C)OCCSCCC(=O)O. The van der Waals surface area contributed by atoms with Gasteiger partial charge in [0.25, 0.3) is 0 Å². The summed E-state index contributed by atoms with van der Waals surface area (Å²) in [6.45, 7) is 4.69. The van der Waals surface area contributed by atoms with Crippen LogP contribution in [0.15, 0.2) is 0 Å². The molecule has 0 fully saturated rings. The number of aliphatic carboxylic acids is 1. The molecule has 0 aliphatic carbocycles. The average Bonchev–Trinajstić information content (AvgIpc) is 1.95. The van der Waals surface area contributed by atoms with E-state index < -0.39 is 5.97 Å². The number of carboxylic acid groups (broad SMARTS) is 1. The molecule has 0 aromatic carbocycles. The molecular weight excluding hydrogens is 176 g/mol. The van der Waals surface area contributed by atoms with Crippen molar-refractivity contribution in [3.8, 4) is 0 Å². The van der Waals surface area contributed by atoms with Crippen LogP contribution in [0.4, 0.5) is 0 Å². The fraction of sp³-hybridized carbons (Fsp3) is 0.875. The van der Waals surface area contributed by atoms with Crippen LogP contribution in [0.1, 0.15) is 20.3 Å². The van der Waals surface area contributed by atoms with Gasteiger partial charge in [0, 0.05) is 11.5 Å². The summed E-state index contributed by atoms with van der Waals surface area (Å²) in [5, 5.41) is 8.31. The van der Waals surface area contributed by atoms with E-state index in [0.29, 0.717) is 12.4 Å². The topological polar surface area (TPSA) is 46.5 Å². The molecule has 0 atom stereocenters. The molecule has 72 valence electrons. The molecule has 1 N–H and O–H groups in total. The third-order valence-electron chi connectivity index (χ3n) is 1.14. The van der Waals surface area contributed by atoms with E-state index in [1.165, 1.54) is 0 Å². The Hall–Kier alpha value is -0.220. The van der Waals surface area contributed by atoms with E-state index in [-0.39, 0.29) is 12.5 Å². The molecule has 0 heterocycles. The predicted molar refractivity (Wildman–Crippen MR) is 50.7 cm³/mol. The van der Waals surface area contributed by atoms with Crippen molar-refractivity contribution < 1.29 is 14.6 Å². The quantitative estimate of drug-likeness (QED) is 0.623. The average molecular weight is 192 g/mol. The van der Waals surface area contributed by atoms with E-state index >= 15 is 0 Å². The maximum atomic E-state index is 10.1. The molecule has 0 saturated carbocycles. The van der Waals surface area contributed by atoms with Crippen LogP contribution in [0, 0.1) is 0 Å². The highest BCUT2D eigenvalue weighted by atomic mass is 32.2. The van der Waals surface area contributed by atoms with Crippen molar-refractivity contribution in [2.24, 2.45) is 0 Å². The summed E-state index contributed by atoms with van der Waals surface area (Å²) in [6.07, 6.45) is 0.511. The molecular formula is C8H16O3S. The summed E-state index contributed by atoms with van der Waals surface area (Å²) in [4.78, 5) is 10.1. The highest BCUT2D eigenvalue weighted by Crippen LogP contribution is 2.02. The summed E-state index contributed by atoms with van der Waals surface area (Å²) in [7, 11) is 0. The molecule has 0 amide bonds. The number of ether oxygens (including phenoxy) is 1. The third-order valence-corrected chi connectivity index (χ3v) is 2.09. The molecule has 0 unspecified atom stereocenters. The molecule has 0 aliphatic heterocycles. The van der Waals surface area contributed by atoms with Crippen LogP contribution in [0.5, 0.6) is 0 Å². The van der Waals surface area contributed by atoms with Gasteiger partial charge in [-0.1, -0.05) is 0 Å². The molecule has 0 aromatic rings. The van der Waals surface area contributed by atoms with E-state index in [1.807, 2.05) is 13.8 Å².